The van der Waals surface area contributed by atoms with Crippen LogP contribution in [-0.4, -0.2) is 42.2 Å². The first-order valence-corrected chi connectivity index (χ1v) is 11.9. The number of rotatable bonds is 7. The first kappa shape index (κ1) is 28.9. The number of para-hydroxylation sites is 2. The Labute approximate surface area is 224 Å². The molecule has 2 heterocycles. The van der Waals surface area contributed by atoms with Gasteiger partial charge in [-0.25, -0.2) is 10.2 Å². The number of nitrogens with one attached hydrogen (secondary N) is 3. The number of amides is 2. The second kappa shape index (κ2) is 14.3. The van der Waals surface area contributed by atoms with Gasteiger partial charge in [0.15, 0.2) is 0 Å². The van der Waals surface area contributed by atoms with Gasteiger partial charge >= 0.3 is 6.09 Å². The highest BCUT2D eigenvalue weighted by Crippen LogP contribution is 2.24. The van der Waals surface area contributed by atoms with Crippen LogP contribution in [0.1, 0.15) is 23.2 Å². The minimum absolute atomic E-state index is 0. The van der Waals surface area contributed by atoms with E-state index in [2.05, 4.69) is 42.0 Å². The molecule has 0 radical (unpaired) electrons. The number of hydrogen-bond donors (Lipinski definition) is 3. The summed E-state index contributed by atoms with van der Waals surface area (Å²) in [6, 6.07) is 18.3. The minimum Gasteiger partial charge on any atom is -0.448 e. The molecule has 4 rings (SSSR count). The molecule has 9 nitrogen and oxygen atoms in total. The minimum atomic E-state index is -0.565. The fourth-order valence-electron chi connectivity index (χ4n) is 3.79. The van der Waals surface area contributed by atoms with Crippen molar-refractivity contribution in [3.05, 3.63) is 83.1 Å². The number of anilines is 3. The summed E-state index contributed by atoms with van der Waals surface area (Å²) in [6.45, 7) is 2.20. The Kier molecular flexibility index (Phi) is 11.5. The second-order valence-corrected chi connectivity index (χ2v) is 8.91. The van der Waals surface area contributed by atoms with E-state index in [1.54, 1.807) is 54.9 Å². The number of ether oxygens (including phenoxy) is 1. The maximum absolute atomic E-state index is 12.6. The number of carbonyl (C=O) groups is 2. The van der Waals surface area contributed by atoms with Crippen molar-refractivity contribution in [1.29, 1.82) is 0 Å². The van der Waals surface area contributed by atoms with Gasteiger partial charge < -0.3 is 20.4 Å². The third-order valence-corrected chi connectivity index (χ3v) is 6.15. The number of hydrazine groups is 1. The van der Waals surface area contributed by atoms with Gasteiger partial charge in [-0.05, 0) is 61.2 Å². The van der Waals surface area contributed by atoms with Gasteiger partial charge in [0, 0.05) is 41.2 Å². The molecule has 192 valence electrons. The predicted octanol–water partition coefficient (Wildman–Crippen LogP) is 4.66. The summed E-state index contributed by atoms with van der Waals surface area (Å²) in [5.41, 5.74) is 8.16. The van der Waals surface area contributed by atoms with Crippen molar-refractivity contribution < 1.29 is 19.8 Å². The molecule has 0 bridgehead atoms. The van der Waals surface area contributed by atoms with Crippen LogP contribution in [0.15, 0.2) is 77.5 Å². The number of benzene rings is 2. The molecular weight excluding hydrogens is 550 g/mol. The number of pyridine rings is 1. The van der Waals surface area contributed by atoms with E-state index in [1.165, 1.54) is 5.69 Å². The molecule has 0 spiro atoms. The number of halogens is 2. The zero-order valence-electron chi connectivity index (χ0n) is 19.4. The molecule has 1 aliphatic heterocycles. The van der Waals surface area contributed by atoms with Gasteiger partial charge in [-0.1, -0.05) is 34.1 Å². The highest BCUT2D eigenvalue weighted by atomic mass is 79.9. The maximum Gasteiger partial charge on any atom is 0.425 e. The van der Waals surface area contributed by atoms with E-state index in [0.717, 1.165) is 30.4 Å². The van der Waals surface area contributed by atoms with E-state index in [9.17, 15) is 9.59 Å². The Morgan fingerprint density at radius 2 is 1.69 bits per heavy atom. The standard InChI is InChI=1S/C25H26BrN5O3.ClH.H2O/c26-20-5-3-4-19(16-20)24(32)28-22-6-1-2-7-23(22)29-30-25(33)34-17-18-10-14-31(15-11-18)21-8-12-27-13-9-21;;/h1-9,12-13,16,18,29H,10-11,14-15,17H2,(H,28,32)(H,30,33);1H;1H2. The Morgan fingerprint density at radius 3 is 2.39 bits per heavy atom. The Balaban J connectivity index is 0.00000228. The summed E-state index contributed by atoms with van der Waals surface area (Å²) in [4.78, 5) is 31.2. The first-order chi connectivity index (χ1) is 16.6. The van der Waals surface area contributed by atoms with Gasteiger partial charge in [-0.2, -0.15) is 0 Å². The molecule has 0 atom stereocenters. The van der Waals surface area contributed by atoms with Gasteiger partial charge in [-0.15, -0.1) is 12.4 Å². The first-order valence-electron chi connectivity index (χ1n) is 11.1. The van der Waals surface area contributed by atoms with E-state index in [-0.39, 0.29) is 23.8 Å². The molecule has 5 N–H and O–H groups in total. The number of nitrogens with zero attached hydrogens (tertiary/aromatic N) is 2. The SMILES string of the molecule is Cl.O.O=C(NNc1ccccc1NC(=O)c1cccc(Br)c1)OCC1CCN(c2ccncc2)CC1. The summed E-state index contributed by atoms with van der Waals surface area (Å²) in [5, 5.41) is 2.86. The number of hydrogen-bond acceptors (Lipinski definition) is 6. The van der Waals surface area contributed by atoms with Gasteiger partial charge in [-0.3, -0.25) is 15.2 Å². The molecular formula is C25H29BrClN5O4. The Hall–Kier alpha value is -3.34. The lowest BCUT2D eigenvalue weighted by atomic mass is 9.97. The molecule has 2 aromatic carbocycles. The van der Waals surface area contributed by atoms with Crippen molar-refractivity contribution >= 4 is 57.4 Å². The molecule has 1 aromatic heterocycles. The highest BCUT2D eigenvalue weighted by Gasteiger charge is 2.21. The maximum atomic E-state index is 12.6. The predicted molar refractivity (Wildman–Crippen MR) is 147 cm³/mol. The lowest BCUT2D eigenvalue weighted by Crippen LogP contribution is -2.37. The molecule has 0 saturated carbocycles. The van der Waals surface area contributed by atoms with Crippen LogP contribution in [0.2, 0.25) is 0 Å². The quantitative estimate of drug-likeness (QED) is 0.350. The highest BCUT2D eigenvalue weighted by molar-refractivity contribution is 9.10. The molecule has 2 amide bonds. The van der Waals surface area contributed by atoms with Crippen LogP contribution in [0.4, 0.5) is 21.9 Å². The van der Waals surface area contributed by atoms with Crippen LogP contribution in [0.5, 0.6) is 0 Å². The van der Waals surface area contributed by atoms with Crippen LogP contribution in [-0.2, 0) is 4.74 Å². The fraction of sp³-hybridized carbons (Fsp3) is 0.240. The molecule has 1 fully saturated rings. The van der Waals surface area contributed by atoms with Crippen molar-refractivity contribution in [1.82, 2.24) is 10.4 Å². The van der Waals surface area contributed by atoms with E-state index >= 15 is 0 Å². The van der Waals surface area contributed by atoms with E-state index < -0.39 is 6.09 Å². The molecule has 1 saturated heterocycles. The third-order valence-electron chi connectivity index (χ3n) is 5.65. The normalized spacial score (nSPS) is 13.0. The van der Waals surface area contributed by atoms with E-state index in [4.69, 9.17) is 4.74 Å². The summed E-state index contributed by atoms with van der Waals surface area (Å²) in [6.07, 6.45) is 4.93. The molecule has 36 heavy (non-hydrogen) atoms. The molecule has 3 aromatic rings. The van der Waals surface area contributed by atoms with Gasteiger partial charge in [0.25, 0.3) is 5.91 Å². The van der Waals surface area contributed by atoms with Crippen molar-refractivity contribution in [3.8, 4) is 0 Å². The van der Waals surface area contributed by atoms with Crippen molar-refractivity contribution in [2.45, 2.75) is 12.8 Å². The Bertz CT molecular complexity index is 1130. The zero-order valence-corrected chi connectivity index (χ0v) is 21.8. The molecule has 11 heteroatoms. The van der Waals surface area contributed by atoms with Crippen molar-refractivity contribution in [2.75, 3.05) is 35.3 Å². The largest absolute Gasteiger partial charge is 0.448 e. The molecule has 1 aliphatic rings. The van der Waals surface area contributed by atoms with Gasteiger partial charge in [0.1, 0.15) is 0 Å². The number of aromatic nitrogens is 1. The van der Waals surface area contributed by atoms with E-state index in [1.807, 2.05) is 18.2 Å². The Morgan fingerprint density at radius 1 is 1.00 bits per heavy atom. The average molecular weight is 579 g/mol. The zero-order chi connectivity index (χ0) is 23.8. The molecule has 0 aliphatic carbocycles. The van der Waals surface area contributed by atoms with Crippen LogP contribution in [0, 0.1) is 5.92 Å². The number of piperidine rings is 1. The summed E-state index contributed by atoms with van der Waals surface area (Å²) < 4.78 is 6.23. The summed E-state index contributed by atoms with van der Waals surface area (Å²) in [7, 11) is 0. The topological polar surface area (TPSA) is 127 Å². The number of carbonyl (C=O) groups excluding carboxylic acids is 2. The molecule has 0 unspecified atom stereocenters. The average Bonchev–Trinajstić information content (AvgIpc) is 2.88. The third kappa shape index (κ3) is 8.11. The van der Waals surface area contributed by atoms with Crippen molar-refractivity contribution in [3.63, 3.8) is 0 Å². The smallest absolute Gasteiger partial charge is 0.425 e. The van der Waals surface area contributed by atoms with E-state index in [0.29, 0.717) is 29.5 Å². The van der Waals surface area contributed by atoms with Crippen LogP contribution in [0.3, 0.4) is 0 Å². The second-order valence-electron chi connectivity index (χ2n) is 7.99. The van der Waals surface area contributed by atoms with Crippen LogP contribution in [0.25, 0.3) is 0 Å². The van der Waals surface area contributed by atoms with Crippen LogP contribution >= 0.6 is 28.3 Å². The van der Waals surface area contributed by atoms with Gasteiger partial charge in [0.05, 0.1) is 18.0 Å². The fourth-order valence-corrected chi connectivity index (χ4v) is 4.19. The monoisotopic (exact) mass is 577 g/mol. The van der Waals surface area contributed by atoms with Crippen LogP contribution < -0.4 is 21.1 Å². The lowest BCUT2D eigenvalue weighted by molar-refractivity contribution is 0.102. The lowest BCUT2D eigenvalue weighted by Gasteiger charge is -2.33. The summed E-state index contributed by atoms with van der Waals surface area (Å²) >= 11 is 3.37. The van der Waals surface area contributed by atoms with Crippen molar-refractivity contribution in [2.24, 2.45) is 5.92 Å². The van der Waals surface area contributed by atoms with Gasteiger partial charge in [0.2, 0.25) is 0 Å². The summed E-state index contributed by atoms with van der Waals surface area (Å²) in [5.74, 6) is 0.0665.